The first kappa shape index (κ1) is 15.1. The number of carbonyl (C=O) groups is 2. The van der Waals surface area contributed by atoms with Gasteiger partial charge in [0.15, 0.2) is 5.75 Å². The van der Waals surface area contributed by atoms with Crippen LogP contribution in [-0.2, 0) is 0 Å². The minimum atomic E-state index is -0.647. The van der Waals surface area contributed by atoms with Crippen molar-refractivity contribution in [1.82, 2.24) is 0 Å². The van der Waals surface area contributed by atoms with Gasteiger partial charge < -0.3 is 15.8 Å². The molecule has 6 heteroatoms. The molecule has 0 aliphatic carbocycles. The average molecular weight is 295 g/mol. The molecule has 0 radical (unpaired) electrons. The van der Waals surface area contributed by atoms with Crippen molar-refractivity contribution in [2.75, 3.05) is 12.4 Å². The summed E-state index contributed by atoms with van der Waals surface area (Å²) in [6, 6.07) is 12.9. The zero-order valence-corrected chi connectivity index (χ0v) is 11.8. The summed E-state index contributed by atoms with van der Waals surface area (Å²) < 4.78 is 5.15. The van der Waals surface area contributed by atoms with Gasteiger partial charge in [-0.25, -0.2) is 0 Å². The van der Waals surface area contributed by atoms with Crippen molar-refractivity contribution in [3.8, 4) is 11.8 Å². The van der Waals surface area contributed by atoms with Crippen LogP contribution in [0.1, 0.15) is 26.3 Å². The molecule has 0 aliphatic rings. The van der Waals surface area contributed by atoms with Crippen molar-refractivity contribution in [3.63, 3.8) is 0 Å². The molecule has 0 fully saturated rings. The van der Waals surface area contributed by atoms with Gasteiger partial charge in [-0.1, -0.05) is 6.07 Å². The van der Waals surface area contributed by atoms with Crippen LogP contribution in [0.4, 0.5) is 5.69 Å². The average Bonchev–Trinajstić information content (AvgIpc) is 2.54. The standard InChI is InChI=1S/C16H13N3O3/c1-22-14-12(15(18)20)3-2-4-13(14)19-16(21)11-7-5-10(9-17)6-8-11/h2-8H,1H3,(H2,18,20)(H,19,21). The molecule has 2 amide bonds. The Morgan fingerprint density at radius 2 is 1.86 bits per heavy atom. The van der Waals surface area contributed by atoms with E-state index in [2.05, 4.69) is 5.32 Å². The van der Waals surface area contributed by atoms with Gasteiger partial charge in [-0.2, -0.15) is 5.26 Å². The number of carbonyl (C=O) groups excluding carboxylic acids is 2. The molecule has 2 rings (SSSR count). The highest BCUT2D eigenvalue weighted by atomic mass is 16.5. The number of anilines is 1. The highest BCUT2D eigenvalue weighted by Crippen LogP contribution is 2.28. The molecule has 0 saturated heterocycles. The zero-order valence-electron chi connectivity index (χ0n) is 11.8. The molecule has 6 nitrogen and oxygen atoms in total. The van der Waals surface area contributed by atoms with Gasteiger partial charge in [0.2, 0.25) is 0 Å². The summed E-state index contributed by atoms with van der Waals surface area (Å²) >= 11 is 0. The van der Waals surface area contributed by atoms with E-state index in [1.165, 1.54) is 25.3 Å². The maximum absolute atomic E-state index is 12.2. The predicted molar refractivity (Wildman–Crippen MR) is 80.6 cm³/mol. The van der Waals surface area contributed by atoms with Crippen LogP contribution in [0.5, 0.6) is 5.75 Å². The number of methoxy groups -OCH3 is 1. The lowest BCUT2D eigenvalue weighted by Gasteiger charge is -2.12. The number of rotatable bonds is 4. The van der Waals surface area contributed by atoms with E-state index in [0.29, 0.717) is 16.8 Å². The van der Waals surface area contributed by atoms with Gasteiger partial charge in [0, 0.05) is 5.56 Å². The lowest BCUT2D eigenvalue weighted by molar-refractivity contribution is 0.0993. The maximum atomic E-state index is 12.2. The Balaban J connectivity index is 2.30. The van der Waals surface area contributed by atoms with E-state index >= 15 is 0 Å². The number of nitrogens with two attached hydrogens (primary N) is 1. The molecule has 0 unspecified atom stereocenters. The van der Waals surface area contributed by atoms with Crippen molar-refractivity contribution in [1.29, 1.82) is 5.26 Å². The number of nitrogens with one attached hydrogen (secondary N) is 1. The first-order chi connectivity index (χ1) is 10.6. The van der Waals surface area contributed by atoms with Crippen LogP contribution in [0, 0.1) is 11.3 Å². The Kier molecular flexibility index (Phi) is 4.39. The summed E-state index contributed by atoms with van der Waals surface area (Å²) in [5.41, 5.74) is 6.64. The largest absolute Gasteiger partial charge is 0.494 e. The molecule has 0 bridgehead atoms. The Morgan fingerprint density at radius 3 is 2.41 bits per heavy atom. The van der Waals surface area contributed by atoms with Crippen LogP contribution >= 0.6 is 0 Å². The second-order valence-corrected chi connectivity index (χ2v) is 4.39. The Morgan fingerprint density at radius 1 is 1.18 bits per heavy atom. The summed E-state index contributed by atoms with van der Waals surface area (Å²) in [6.45, 7) is 0. The Hall–Kier alpha value is -3.33. The molecule has 0 heterocycles. The number of benzene rings is 2. The molecular weight excluding hydrogens is 282 g/mol. The molecule has 0 spiro atoms. The number of ether oxygens (including phenoxy) is 1. The molecule has 0 aromatic heterocycles. The van der Waals surface area contributed by atoms with Gasteiger partial charge in [-0.3, -0.25) is 9.59 Å². The fraction of sp³-hybridized carbons (Fsp3) is 0.0625. The lowest BCUT2D eigenvalue weighted by atomic mass is 10.1. The third-order valence-electron chi connectivity index (χ3n) is 3.01. The van der Waals surface area contributed by atoms with Gasteiger partial charge in [-0.05, 0) is 36.4 Å². The smallest absolute Gasteiger partial charge is 0.255 e. The topological polar surface area (TPSA) is 105 Å². The van der Waals surface area contributed by atoms with E-state index in [9.17, 15) is 9.59 Å². The molecule has 0 atom stereocenters. The predicted octanol–water partition coefficient (Wildman–Crippen LogP) is 1.92. The number of primary amides is 1. The summed E-state index contributed by atoms with van der Waals surface area (Å²) in [4.78, 5) is 23.6. The van der Waals surface area contributed by atoms with E-state index in [1.807, 2.05) is 6.07 Å². The van der Waals surface area contributed by atoms with E-state index in [0.717, 1.165) is 0 Å². The van der Waals surface area contributed by atoms with Gasteiger partial charge in [0.25, 0.3) is 11.8 Å². The normalized spacial score (nSPS) is 9.64. The molecule has 2 aromatic rings. The molecule has 2 aromatic carbocycles. The van der Waals surface area contributed by atoms with E-state index in [1.54, 1.807) is 24.3 Å². The summed E-state index contributed by atoms with van der Waals surface area (Å²) in [5, 5.41) is 11.4. The number of nitrogens with zero attached hydrogens (tertiary/aromatic N) is 1. The van der Waals surface area contributed by atoms with E-state index < -0.39 is 5.91 Å². The SMILES string of the molecule is COc1c(NC(=O)c2ccc(C#N)cc2)cccc1C(N)=O. The lowest BCUT2D eigenvalue weighted by Crippen LogP contribution is -2.16. The Bertz CT molecular complexity index is 761. The molecular formula is C16H13N3O3. The monoisotopic (exact) mass is 295 g/mol. The van der Waals surface area contributed by atoms with Crippen LogP contribution < -0.4 is 15.8 Å². The van der Waals surface area contributed by atoms with Crippen LogP contribution in [-0.4, -0.2) is 18.9 Å². The zero-order chi connectivity index (χ0) is 16.1. The van der Waals surface area contributed by atoms with E-state index in [-0.39, 0.29) is 17.2 Å². The van der Waals surface area contributed by atoms with Crippen molar-refractivity contribution in [2.24, 2.45) is 5.73 Å². The fourth-order valence-corrected chi connectivity index (χ4v) is 1.94. The van der Waals surface area contributed by atoms with Crippen LogP contribution in [0.2, 0.25) is 0 Å². The minimum absolute atomic E-state index is 0.181. The molecule has 0 aliphatic heterocycles. The molecule has 0 saturated carbocycles. The van der Waals surface area contributed by atoms with Gasteiger partial charge in [-0.15, -0.1) is 0 Å². The first-order valence-corrected chi connectivity index (χ1v) is 6.35. The number of hydrogen-bond donors (Lipinski definition) is 2. The van der Waals surface area contributed by atoms with Gasteiger partial charge in [0.05, 0.1) is 30.0 Å². The van der Waals surface area contributed by atoms with Crippen molar-refractivity contribution in [2.45, 2.75) is 0 Å². The number of para-hydroxylation sites is 1. The van der Waals surface area contributed by atoms with Gasteiger partial charge in [0.1, 0.15) is 0 Å². The first-order valence-electron chi connectivity index (χ1n) is 6.35. The highest BCUT2D eigenvalue weighted by Gasteiger charge is 2.15. The molecule has 3 N–H and O–H groups in total. The minimum Gasteiger partial charge on any atom is -0.494 e. The van der Waals surface area contributed by atoms with Crippen molar-refractivity contribution in [3.05, 3.63) is 59.2 Å². The van der Waals surface area contributed by atoms with Gasteiger partial charge >= 0.3 is 0 Å². The molecule has 22 heavy (non-hydrogen) atoms. The van der Waals surface area contributed by atoms with Crippen LogP contribution in [0.15, 0.2) is 42.5 Å². The maximum Gasteiger partial charge on any atom is 0.255 e. The third kappa shape index (κ3) is 3.04. The summed E-state index contributed by atoms with van der Waals surface area (Å²) in [6.07, 6.45) is 0. The third-order valence-corrected chi connectivity index (χ3v) is 3.01. The fourth-order valence-electron chi connectivity index (χ4n) is 1.94. The second kappa shape index (κ2) is 6.41. The van der Waals surface area contributed by atoms with Crippen molar-refractivity contribution < 1.29 is 14.3 Å². The number of amides is 2. The number of nitriles is 1. The van der Waals surface area contributed by atoms with Crippen LogP contribution in [0.25, 0.3) is 0 Å². The summed E-state index contributed by atoms with van der Waals surface area (Å²) in [7, 11) is 1.39. The van der Waals surface area contributed by atoms with E-state index in [4.69, 9.17) is 15.7 Å². The highest BCUT2D eigenvalue weighted by molar-refractivity contribution is 6.06. The number of hydrogen-bond acceptors (Lipinski definition) is 4. The summed E-state index contributed by atoms with van der Waals surface area (Å²) in [5.74, 6) is -0.826. The second-order valence-electron chi connectivity index (χ2n) is 4.39. The quantitative estimate of drug-likeness (QED) is 0.898. The molecule has 110 valence electrons. The van der Waals surface area contributed by atoms with Crippen molar-refractivity contribution >= 4 is 17.5 Å². The van der Waals surface area contributed by atoms with Crippen LogP contribution in [0.3, 0.4) is 0 Å². The Labute approximate surface area is 127 Å².